The van der Waals surface area contributed by atoms with Crippen molar-refractivity contribution in [1.29, 1.82) is 0 Å². The van der Waals surface area contributed by atoms with Crippen molar-refractivity contribution in [3.05, 3.63) is 51.6 Å². The fraction of sp³-hybridized carbons (Fsp3) is 0.231. The molecule has 13 nitrogen and oxygen atoms in total. The second kappa shape index (κ2) is 7.11. The van der Waals surface area contributed by atoms with Gasteiger partial charge in [-0.2, -0.15) is 24.4 Å². The maximum Gasteiger partial charge on any atom is 0.491 e. The Bertz CT molecular complexity index is 1030. The van der Waals surface area contributed by atoms with E-state index in [9.17, 15) is 19.3 Å². The zero-order valence-electron chi connectivity index (χ0n) is 14.1. The van der Waals surface area contributed by atoms with Gasteiger partial charge in [0.2, 0.25) is 12.3 Å². The maximum absolute atomic E-state index is 13.8. The Balaban J connectivity index is 1.62. The van der Waals surface area contributed by atoms with Gasteiger partial charge in [-0.1, -0.05) is 4.98 Å². The van der Waals surface area contributed by atoms with Gasteiger partial charge in [0.05, 0.1) is 17.5 Å². The molecule has 3 aromatic rings. The molecule has 1 N–H and O–H groups in total. The number of carbonyl (C=O) groups excluding carboxylic acids is 1. The summed E-state index contributed by atoms with van der Waals surface area (Å²) in [6.45, 7) is 1.64. The summed E-state index contributed by atoms with van der Waals surface area (Å²) in [6.07, 6.45) is 3.81. The summed E-state index contributed by atoms with van der Waals surface area (Å²) in [4.78, 5) is 25.4. The zero-order valence-corrected chi connectivity index (χ0v) is 14.1. The lowest BCUT2D eigenvalue weighted by Crippen LogP contribution is -2.19. The molecular formula is C13H13FN10O3. The Hall–Kier alpha value is -3.97. The monoisotopic (exact) mass is 376 g/mol. The molecule has 0 radical (unpaired) electrons. The van der Waals surface area contributed by atoms with E-state index in [2.05, 4.69) is 30.8 Å². The number of nitrogens with zero attached hydrogens (tertiary/aromatic N) is 9. The second-order valence-corrected chi connectivity index (χ2v) is 5.34. The minimum atomic E-state index is -0.719. The van der Waals surface area contributed by atoms with Gasteiger partial charge in [-0.3, -0.25) is 4.79 Å². The number of hydrogen-bond donors (Lipinski definition) is 1. The minimum Gasteiger partial charge on any atom is -0.390 e. The third-order valence-corrected chi connectivity index (χ3v) is 3.41. The molecule has 0 unspecified atom stereocenters. The molecule has 1 amide bonds. The third-order valence-electron chi connectivity index (χ3n) is 3.41. The number of carbonyl (C=O) groups is 1. The Morgan fingerprint density at radius 3 is 2.81 bits per heavy atom. The van der Waals surface area contributed by atoms with Crippen molar-refractivity contribution >= 4 is 18.1 Å². The van der Waals surface area contributed by atoms with Crippen LogP contribution < -0.4 is 5.43 Å². The van der Waals surface area contributed by atoms with Gasteiger partial charge in [-0.05, 0) is 17.9 Å². The number of nitro groups is 1. The van der Waals surface area contributed by atoms with Crippen LogP contribution in [0.4, 0.5) is 10.3 Å². The summed E-state index contributed by atoms with van der Waals surface area (Å²) < 4.78 is 17.4. The first-order chi connectivity index (χ1) is 12.8. The number of aryl methyl sites for hydroxylation is 2. The number of amides is 1. The van der Waals surface area contributed by atoms with Crippen LogP contribution in [0.5, 0.6) is 0 Å². The number of nitrogens with one attached hydrogen (secondary N) is 1. The smallest absolute Gasteiger partial charge is 0.390 e. The lowest BCUT2D eigenvalue weighted by molar-refractivity contribution is -0.394. The Morgan fingerprint density at radius 2 is 2.19 bits per heavy atom. The van der Waals surface area contributed by atoms with E-state index < -0.39 is 22.7 Å². The molecule has 3 rings (SSSR count). The molecule has 140 valence electrons. The minimum absolute atomic E-state index is 0.0253. The zero-order chi connectivity index (χ0) is 19.6. The SMILES string of the molecule is Cc1nn(C)c(F)c1/C=N\NC(=O)c1ccn(Cn2cnc([N+](=O)[O-])n2)n1. The van der Waals surface area contributed by atoms with Gasteiger partial charge in [0.15, 0.2) is 12.4 Å². The van der Waals surface area contributed by atoms with Gasteiger partial charge in [0, 0.05) is 18.3 Å². The molecule has 0 aliphatic carbocycles. The van der Waals surface area contributed by atoms with Crippen molar-refractivity contribution in [2.75, 3.05) is 0 Å². The molecule has 0 saturated carbocycles. The van der Waals surface area contributed by atoms with Gasteiger partial charge < -0.3 is 10.1 Å². The second-order valence-electron chi connectivity index (χ2n) is 5.34. The average Bonchev–Trinajstić information content (AvgIpc) is 3.32. The van der Waals surface area contributed by atoms with E-state index in [-0.39, 0.29) is 17.9 Å². The summed E-state index contributed by atoms with van der Waals surface area (Å²) in [6, 6.07) is 1.42. The average molecular weight is 376 g/mol. The van der Waals surface area contributed by atoms with Crippen LogP contribution in [0.15, 0.2) is 23.7 Å². The van der Waals surface area contributed by atoms with Crippen molar-refractivity contribution in [2.24, 2.45) is 12.1 Å². The van der Waals surface area contributed by atoms with E-state index in [0.29, 0.717) is 5.69 Å². The number of hydrazone groups is 1. The fourth-order valence-corrected chi connectivity index (χ4v) is 2.15. The van der Waals surface area contributed by atoms with E-state index in [4.69, 9.17) is 0 Å². The lowest BCUT2D eigenvalue weighted by atomic mass is 10.3. The van der Waals surface area contributed by atoms with Gasteiger partial charge in [0.1, 0.15) is 0 Å². The highest BCUT2D eigenvalue weighted by Crippen LogP contribution is 2.08. The van der Waals surface area contributed by atoms with Gasteiger partial charge >= 0.3 is 5.95 Å². The van der Waals surface area contributed by atoms with E-state index in [1.807, 2.05) is 0 Å². The number of hydrogen-bond acceptors (Lipinski definition) is 8. The third kappa shape index (κ3) is 3.83. The van der Waals surface area contributed by atoms with E-state index in [1.54, 1.807) is 6.92 Å². The molecule has 0 fully saturated rings. The van der Waals surface area contributed by atoms with Crippen molar-refractivity contribution in [2.45, 2.75) is 13.6 Å². The number of rotatable bonds is 6. The van der Waals surface area contributed by atoms with Crippen molar-refractivity contribution < 1.29 is 14.1 Å². The maximum atomic E-state index is 13.8. The first-order valence-corrected chi connectivity index (χ1v) is 7.45. The summed E-state index contributed by atoms with van der Waals surface area (Å²) >= 11 is 0. The normalized spacial score (nSPS) is 11.2. The van der Waals surface area contributed by atoms with Gasteiger partial charge in [-0.25, -0.2) is 14.8 Å². The molecule has 14 heteroatoms. The van der Waals surface area contributed by atoms with Crippen LogP contribution in [0.2, 0.25) is 0 Å². The topological polar surface area (TPSA) is 151 Å². The molecule has 0 saturated heterocycles. The molecule has 27 heavy (non-hydrogen) atoms. The van der Waals surface area contributed by atoms with Crippen molar-refractivity contribution in [1.82, 2.24) is 39.8 Å². The first-order valence-electron chi connectivity index (χ1n) is 7.45. The summed E-state index contributed by atoms with van der Waals surface area (Å²) in [5.74, 6) is -1.72. The molecule has 0 spiro atoms. The Morgan fingerprint density at radius 1 is 1.41 bits per heavy atom. The van der Waals surface area contributed by atoms with E-state index in [0.717, 1.165) is 10.9 Å². The highest BCUT2D eigenvalue weighted by molar-refractivity contribution is 5.93. The van der Waals surface area contributed by atoms with Crippen LogP contribution in [-0.2, 0) is 13.7 Å². The summed E-state index contributed by atoms with van der Waals surface area (Å²) in [5, 5.41) is 25.8. The standard InChI is InChI=1S/C13H13FN10O3/c1-8-9(11(14)21(2)18-8)5-16-17-12(25)10-3-4-22(19-10)7-23-6-15-13(20-23)24(26)27/h3-6H,7H2,1-2H3,(H,17,25)/b16-5-. The van der Waals surface area contributed by atoms with Crippen LogP contribution in [0, 0.1) is 23.0 Å². The van der Waals surface area contributed by atoms with Crippen LogP contribution in [0.1, 0.15) is 21.7 Å². The van der Waals surface area contributed by atoms with Crippen LogP contribution >= 0.6 is 0 Å². The van der Waals surface area contributed by atoms with E-state index in [1.165, 1.54) is 35.0 Å². The van der Waals surface area contributed by atoms with Crippen LogP contribution in [0.3, 0.4) is 0 Å². The molecule has 0 atom stereocenters. The molecule has 3 aromatic heterocycles. The van der Waals surface area contributed by atoms with Gasteiger partial charge in [0.25, 0.3) is 5.91 Å². The summed E-state index contributed by atoms with van der Waals surface area (Å²) in [7, 11) is 1.45. The van der Waals surface area contributed by atoms with Gasteiger partial charge in [-0.15, -0.1) is 0 Å². The molecular weight excluding hydrogens is 363 g/mol. The lowest BCUT2D eigenvalue weighted by Gasteiger charge is -1.98. The predicted molar refractivity (Wildman–Crippen MR) is 87.3 cm³/mol. The van der Waals surface area contributed by atoms with Crippen LogP contribution in [-0.4, -0.2) is 51.4 Å². The first kappa shape index (κ1) is 17.8. The van der Waals surface area contributed by atoms with Crippen molar-refractivity contribution in [3.63, 3.8) is 0 Å². The Kier molecular flexibility index (Phi) is 4.69. The fourth-order valence-electron chi connectivity index (χ4n) is 2.15. The summed E-state index contributed by atoms with van der Waals surface area (Å²) in [5.41, 5.74) is 2.87. The van der Waals surface area contributed by atoms with Crippen LogP contribution in [0.25, 0.3) is 0 Å². The quantitative estimate of drug-likeness (QED) is 0.356. The number of aromatic nitrogens is 7. The Labute approximate surface area is 150 Å². The highest BCUT2D eigenvalue weighted by atomic mass is 19.1. The molecule has 0 aromatic carbocycles. The van der Waals surface area contributed by atoms with E-state index >= 15 is 0 Å². The molecule has 0 aliphatic heterocycles. The molecule has 0 bridgehead atoms. The largest absolute Gasteiger partial charge is 0.491 e. The molecule has 3 heterocycles. The predicted octanol–water partition coefficient (Wildman–Crippen LogP) is -0.166. The number of halogens is 1. The molecule has 0 aliphatic rings. The highest BCUT2D eigenvalue weighted by Gasteiger charge is 2.15. The van der Waals surface area contributed by atoms with Crippen molar-refractivity contribution in [3.8, 4) is 0 Å².